The fourth-order valence-electron chi connectivity index (χ4n) is 6.12. The van der Waals surface area contributed by atoms with Crippen molar-refractivity contribution in [2.75, 3.05) is 24.0 Å². The monoisotopic (exact) mass is 633 g/mol. The Bertz CT molecular complexity index is 1600. The van der Waals surface area contributed by atoms with E-state index in [1.54, 1.807) is 12.1 Å². The zero-order valence-corrected chi connectivity index (χ0v) is 23.9. The highest BCUT2D eigenvalue weighted by Gasteiger charge is 2.48. The van der Waals surface area contributed by atoms with E-state index in [1.807, 2.05) is 4.90 Å². The Labute approximate surface area is 237 Å². The number of aliphatic hydroxyl groups excluding tert-OH is 2. The molecule has 2 aliphatic heterocycles. The van der Waals surface area contributed by atoms with Gasteiger partial charge in [0, 0.05) is 17.6 Å². The van der Waals surface area contributed by atoms with Gasteiger partial charge in [0.2, 0.25) is 5.28 Å². The number of anilines is 2. The molecule has 0 radical (unpaired) electrons. The Kier molecular flexibility index (Phi) is 7.30. The predicted molar refractivity (Wildman–Crippen MR) is 142 cm³/mol. The lowest BCUT2D eigenvalue weighted by molar-refractivity contribution is -0.0483. The second-order valence-corrected chi connectivity index (χ2v) is 15.0. The third-order valence-electron chi connectivity index (χ3n) is 7.89. The van der Waals surface area contributed by atoms with E-state index in [2.05, 4.69) is 15.0 Å². The van der Waals surface area contributed by atoms with E-state index < -0.39 is 52.2 Å². The Balaban J connectivity index is 1.31. The number of hydrogen-bond donors (Lipinski definition) is 5. The zero-order chi connectivity index (χ0) is 29.3. The lowest BCUT2D eigenvalue weighted by Crippen LogP contribution is -2.33. The molecule has 1 spiro atoms. The van der Waals surface area contributed by atoms with Gasteiger partial charge in [0.05, 0.1) is 12.9 Å². The molecule has 3 aromatic rings. The Morgan fingerprint density at radius 2 is 1.88 bits per heavy atom. The highest BCUT2D eigenvalue weighted by atomic mass is 35.5. The highest BCUT2D eigenvalue weighted by molar-refractivity contribution is 7.70. The lowest BCUT2D eigenvalue weighted by atomic mass is 9.81. The molecule has 1 saturated carbocycles. The first kappa shape index (κ1) is 29.1. The number of fused-ring (bicyclic) bond motifs is 3. The van der Waals surface area contributed by atoms with E-state index in [4.69, 9.17) is 30.6 Å². The van der Waals surface area contributed by atoms with Gasteiger partial charge in [0.15, 0.2) is 29.1 Å². The average molecular weight is 634 g/mol. The van der Waals surface area contributed by atoms with Crippen molar-refractivity contribution in [3.8, 4) is 0 Å². The van der Waals surface area contributed by atoms with Crippen LogP contribution in [0, 0.1) is 5.82 Å². The van der Waals surface area contributed by atoms with E-state index in [0.29, 0.717) is 17.9 Å². The summed E-state index contributed by atoms with van der Waals surface area (Å²) in [7, 11) is -9.58. The van der Waals surface area contributed by atoms with Crippen molar-refractivity contribution < 1.29 is 47.7 Å². The van der Waals surface area contributed by atoms with Gasteiger partial charge in [-0.15, -0.1) is 0 Å². The van der Waals surface area contributed by atoms with Gasteiger partial charge in [-0.2, -0.15) is 9.97 Å². The zero-order valence-electron chi connectivity index (χ0n) is 21.3. The average Bonchev–Trinajstić information content (AvgIpc) is 3.64. The number of rotatable bonds is 7. The molecule has 3 aliphatic rings. The first-order chi connectivity index (χ1) is 19.3. The van der Waals surface area contributed by atoms with Crippen LogP contribution in [-0.4, -0.2) is 81.8 Å². The molecule has 222 valence electrons. The quantitative estimate of drug-likeness (QED) is 0.188. The minimum Gasteiger partial charge on any atom is -0.387 e. The summed E-state index contributed by atoms with van der Waals surface area (Å²) in [6.45, 7) is -0.197. The fraction of sp³-hybridized carbons (Fsp3) is 0.522. The summed E-state index contributed by atoms with van der Waals surface area (Å²) in [6, 6.07) is 4.65. The molecule has 41 heavy (non-hydrogen) atoms. The molecule has 3 unspecified atom stereocenters. The van der Waals surface area contributed by atoms with E-state index in [-0.39, 0.29) is 22.2 Å². The smallest absolute Gasteiger partial charge is 0.340 e. The van der Waals surface area contributed by atoms with Gasteiger partial charge in [-0.1, -0.05) is 12.8 Å². The van der Waals surface area contributed by atoms with Crippen molar-refractivity contribution in [1.82, 2.24) is 19.5 Å². The molecular weight excluding hydrogens is 607 g/mol. The standard InChI is InChI=1S/C23H27ClFN5O9P2/c24-22-27-19(29-9-23(5-1-2-6-23)13-7-12(25)3-4-14(13)29)16-20(28-22)30(10-26-16)21-18(32)17(31)15(39-21)8-38-41(36,37)11-40(33,34)35/h3-4,7,10,15,17-18,21,31-32H,1-2,5-6,8-9,11H2,(H,36,37)(H2,33,34,35)/t15-,17?,18?,21-/m1/s1. The molecule has 2 fully saturated rings. The van der Waals surface area contributed by atoms with Crippen molar-refractivity contribution in [2.24, 2.45) is 0 Å². The number of nitrogens with zero attached hydrogens (tertiary/aromatic N) is 5. The van der Waals surface area contributed by atoms with Gasteiger partial charge in [-0.05, 0) is 48.2 Å². The van der Waals surface area contributed by atoms with E-state index in [1.165, 1.54) is 17.0 Å². The second-order valence-electron chi connectivity index (χ2n) is 10.7. The summed E-state index contributed by atoms with van der Waals surface area (Å²) in [5.74, 6) is -1.36. The van der Waals surface area contributed by atoms with Gasteiger partial charge < -0.3 is 39.1 Å². The summed E-state index contributed by atoms with van der Waals surface area (Å²) < 4.78 is 49.3. The number of benzene rings is 1. The first-order valence-corrected chi connectivity index (χ1v) is 16.7. The molecule has 0 bridgehead atoms. The maximum absolute atomic E-state index is 14.3. The third-order valence-corrected chi connectivity index (χ3v) is 11.5. The van der Waals surface area contributed by atoms with Crippen molar-refractivity contribution in [2.45, 2.75) is 55.6 Å². The van der Waals surface area contributed by atoms with Crippen LogP contribution in [0.5, 0.6) is 0 Å². The topological polar surface area (TPSA) is 201 Å². The minimum atomic E-state index is -4.86. The van der Waals surface area contributed by atoms with Gasteiger partial charge in [-0.25, -0.2) is 9.37 Å². The van der Waals surface area contributed by atoms with Crippen molar-refractivity contribution >= 4 is 49.5 Å². The predicted octanol–water partition coefficient (Wildman–Crippen LogP) is 2.54. The summed E-state index contributed by atoms with van der Waals surface area (Å²) in [5, 5.41) is 21.2. The lowest BCUT2D eigenvalue weighted by Gasteiger charge is -2.25. The van der Waals surface area contributed by atoms with E-state index in [9.17, 15) is 28.6 Å². The molecule has 14 nitrogen and oxygen atoms in total. The molecule has 0 amide bonds. The summed E-state index contributed by atoms with van der Waals surface area (Å²) >= 11 is 6.34. The van der Waals surface area contributed by atoms with Crippen molar-refractivity contribution in [3.63, 3.8) is 0 Å². The molecule has 1 aliphatic carbocycles. The molecule has 2 aromatic heterocycles. The molecule has 1 saturated heterocycles. The van der Waals surface area contributed by atoms with Crippen LogP contribution < -0.4 is 4.90 Å². The molecule has 5 atom stereocenters. The van der Waals surface area contributed by atoms with Gasteiger partial charge in [-0.3, -0.25) is 13.7 Å². The molecule has 6 rings (SSSR count). The maximum Gasteiger partial charge on any atom is 0.340 e. The molecule has 5 N–H and O–H groups in total. The number of aliphatic hydroxyl groups is 2. The molecule has 18 heteroatoms. The SMILES string of the molecule is O=P(O)(O)CP(=O)(O)OC[C@H]1O[C@@H](n2cnc3c(N4CC5(CCCC5)c5cc(F)ccc54)nc(Cl)nc32)C(O)C1O. The van der Waals surface area contributed by atoms with Crippen molar-refractivity contribution in [3.05, 3.63) is 41.2 Å². The number of halogens is 2. The van der Waals surface area contributed by atoms with Crippen LogP contribution in [0.4, 0.5) is 15.9 Å². The summed E-state index contributed by atoms with van der Waals surface area (Å²) in [4.78, 5) is 42.8. The normalized spacial score (nSPS) is 27.1. The Hall–Kier alpha value is -2.03. The maximum atomic E-state index is 14.3. The first-order valence-electron chi connectivity index (χ1n) is 12.8. The summed E-state index contributed by atoms with van der Waals surface area (Å²) in [6.07, 6.45) is -0.597. The number of ether oxygens (including phenoxy) is 1. The Morgan fingerprint density at radius 3 is 2.59 bits per heavy atom. The molecule has 4 heterocycles. The fourth-order valence-corrected chi connectivity index (χ4v) is 8.85. The number of imidazole rings is 1. The molecular formula is C23H27ClFN5O9P2. The van der Waals surface area contributed by atoms with Crippen molar-refractivity contribution in [1.29, 1.82) is 0 Å². The number of aromatic nitrogens is 4. The Morgan fingerprint density at radius 1 is 1.15 bits per heavy atom. The van der Waals surface area contributed by atoms with Crippen LogP contribution in [0.25, 0.3) is 11.2 Å². The third kappa shape index (κ3) is 5.33. The van der Waals surface area contributed by atoms with Gasteiger partial charge >= 0.3 is 15.2 Å². The van der Waals surface area contributed by atoms with E-state index in [0.717, 1.165) is 36.9 Å². The number of hydrogen-bond acceptors (Lipinski definition) is 10. The van der Waals surface area contributed by atoms with Crippen LogP contribution in [0.3, 0.4) is 0 Å². The van der Waals surface area contributed by atoms with Crippen LogP contribution in [0.2, 0.25) is 5.28 Å². The van der Waals surface area contributed by atoms with E-state index >= 15 is 0 Å². The van der Waals surface area contributed by atoms with Crippen LogP contribution in [-0.2, 0) is 23.8 Å². The minimum absolute atomic E-state index is 0.128. The van der Waals surface area contributed by atoms with Crippen LogP contribution in [0.15, 0.2) is 24.5 Å². The highest BCUT2D eigenvalue weighted by Crippen LogP contribution is 2.56. The second kappa shape index (κ2) is 10.3. The van der Waals surface area contributed by atoms with Crippen LogP contribution >= 0.6 is 26.8 Å². The summed E-state index contributed by atoms with van der Waals surface area (Å²) in [5.41, 5.74) is 1.93. The van der Waals surface area contributed by atoms with Gasteiger partial charge in [0.25, 0.3) is 0 Å². The van der Waals surface area contributed by atoms with Crippen LogP contribution in [0.1, 0.15) is 37.5 Å². The largest absolute Gasteiger partial charge is 0.387 e. The van der Waals surface area contributed by atoms with Gasteiger partial charge in [0.1, 0.15) is 24.1 Å². The molecule has 1 aromatic carbocycles.